The molecule has 0 saturated carbocycles. The lowest BCUT2D eigenvalue weighted by Crippen LogP contribution is -2.40. The Balaban J connectivity index is 1.98. The molecule has 5 heteroatoms. The number of aromatic nitrogens is 2. The summed E-state index contributed by atoms with van der Waals surface area (Å²) < 4.78 is 5.91. The van der Waals surface area contributed by atoms with Crippen LogP contribution in [0.25, 0.3) is 0 Å². The summed E-state index contributed by atoms with van der Waals surface area (Å²) in [5, 5.41) is 3.23. The summed E-state index contributed by atoms with van der Waals surface area (Å²) in [5.41, 5.74) is 0. The molecule has 1 fully saturated rings. The van der Waals surface area contributed by atoms with Crippen LogP contribution in [0.15, 0.2) is 6.07 Å². The topological polar surface area (TPSA) is 50.3 Å². The zero-order valence-electron chi connectivity index (χ0n) is 12.9. The molecule has 0 amide bonds. The molecule has 1 atom stereocenters. The molecule has 1 N–H and O–H groups in total. The third kappa shape index (κ3) is 4.07. The minimum Gasteiger partial charge on any atom is -0.476 e. The molecule has 2 heterocycles. The van der Waals surface area contributed by atoms with Crippen molar-refractivity contribution in [3.63, 3.8) is 0 Å². The molecule has 0 spiro atoms. The van der Waals surface area contributed by atoms with Gasteiger partial charge in [-0.2, -0.15) is 4.98 Å². The number of ether oxygens (including phenoxy) is 1. The minimum atomic E-state index is 0.506. The SMILES string of the molecule is CCNc1cc(OCC2CCCCN2C)nc(CC)n1. The molecular formula is C15H26N4O. The molecule has 0 radical (unpaired) electrons. The summed E-state index contributed by atoms with van der Waals surface area (Å²) in [7, 11) is 2.18. The van der Waals surface area contributed by atoms with Crippen LogP contribution in [-0.4, -0.2) is 47.7 Å². The van der Waals surface area contributed by atoms with Crippen molar-refractivity contribution < 1.29 is 4.74 Å². The average molecular weight is 278 g/mol. The van der Waals surface area contributed by atoms with Gasteiger partial charge in [0.25, 0.3) is 0 Å². The third-order valence-electron chi connectivity index (χ3n) is 3.77. The highest BCUT2D eigenvalue weighted by Gasteiger charge is 2.19. The monoisotopic (exact) mass is 278 g/mol. The maximum atomic E-state index is 5.91. The third-order valence-corrected chi connectivity index (χ3v) is 3.77. The second kappa shape index (κ2) is 7.43. The molecule has 1 aromatic rings. The Morgan fingerprint density at radius 2 is 2.20 bits per heavy atom. The summed E-state index contributed by atoms with van der Waals surface area (Å²) in [6.07, 6.45) is 4.62. The Bertz CT molecular complexity index is 424. The quantitative estimate of drug-likeness (QED) is 0.865. The predicted molar refractivity (Wildman–Crippen MR) is 81.3 cm³/mol. The number of piperidine rings is 1. The second-order valence-electron chi connectivity index (χ2n) is 5.33. The van der Waals surface area contributed by atoms with Crippen molar-refractivity contribution in [2.24, 2.45) is 0 Å². The van der Waals surface area contributed by atoms with Crippen LogP contribution in [0.5, 0.6) is 5.88 Å². The van der Waals surface area contributed by atoms with Gasteiger partial charge in [-0.15, -0.1) is 0 Å². The molecule has 112 valence electrons. The molecule has 1 aromatic heterocycles. The van der Waals surface area contributed by atoms with Gasteiger partial charge < -0.3 is 15.0 Å². The standard InChI is InChI=1S/C15H26N4O/c1-4-13-17-14(16-5-2)10-15(18-13)20-11-12-8-6-7-9-19(12)3/h10,12H,4-9,11H2,1-3H3,(H,16,17,18). The van der Waals surface area contributed by atoms with Gasteiger partial charge >= 0.3 is 0 Å². The maximum absolute atomic E-state index is 5.91. The van der Waals surface area contributed by atoms with E-state index in [1.165, 1.54) is 25.8 Å². The molecule has 1 unspecified atom stereocenters. The van der Waals surface area contributed by atoms with E-state index < -0.39 is 0 Å². The van der Waals surface area contributed by atoms with Gasteiger partial charge in [0, 0.05) is 25.1 Å². The summed E-state index contributed by atoms with van der Waals surface area (Å²) in [4.78, 5) is 11.3. The number of hydrogen-bond donors (Lipinski definition) is 1. The fourth-order valence-electron chi connectivity index (χ4n) is 2.51. The second-order valence-corrected chi connectivity index (χ2v) is 5.33. The van der Waals surface area contributed by atoms with Crippen molar-refractivity contribution in [3.05, 3.63) is 11.9 Å². The molecule has 1 aliphatic heterocycles. The molecular weight excluding hydrogens is 252 g/mol. The van der Waals surface area contributed by atoms with E-state index in [-0.39, 0.29) is 0 Å². The first kappa shape index (κ1) is 15.0. The smallest absolute Gasteiger partial charge is 0.218 e. The van der Waals surface area contributed by atoms with E-state index in [9.17, 15) is 0 Å². The van der Waals surface area contributed by atoms with Gasteiger partial charge in [0.1, 0.15) is 18.2 Å². The number of hydrogen-bond acceptors (Lipinski definition) is 5. The van der Waals surface area contributed by atoms with Crippen LogP contribution in [0.1, 0.15) is 38.9 Å². The molecule has 1 saturated heterocycles. The number of anilines is 1. The Labute approximate surface area is 121 Å². The van der Waals surface area contributed by atoms with Gasteiger partial charge in [0.2, 0.25) is 5.88 Å². The van der Waals surface area contributed by atoms with E-state index in [1.54, 1.807) is 0 Å². The molecule has 0 aromatic carbocycles. The van der Waals surface area contributed by atoms with E-state index in [4.69, 9.17) is 4.74 Å². The number of nitrogens with zero attached hydrogens (tertiary/aromatic N) is 3. The first-order valence-corrected chi connectivity index (χ1v) is 7.67. The van der Waals surface area contributed by atoms with Gasteiger partial charge in [-0.05, 0) is 33.4 Å². The first-order valence-electron chi connectivity index (χ1n) is 7.67. The highest BCUT2D eigenvalue weighted by molar-refractivity contribution is 5.38. The largest absolute Gasteiger partial charge is 0.476 e. The van der Waals surface area contributed by atoms with Crippen molar-refractivity contribution in [2.75, 3.05) is 32.1 Å². The highest BCUT2D eigenvalue weighted by atomic mass is 16.5. The normalized spacial score (nSPS) is 19.9. The van der Waals surface area contributed by atoms with Gasteiger partial charge in [-0.25, -0.2) is 4.98 Å². The summed E-state index contributed by atoms with van der Waals surface area (Å²) in [6, 6.07) is 2.40. The van der Waals surface area contributed by atoms with Crippen molar-refractivity contribution >= 4 is 5.82 Å². The first-order chi connectivity index (χ1) is 9.72. The van der Waals surface area contributed by atoms with Crippen LogP contribution in [-0.2, 0) is 6.42 Å². The molecule has 5 nitrogen and oxygen atoms in total. The van der Waals surface area contributed by atoms with Crippen molar-refractivity contribution in [1.82, 2.24) is 14.9 Å². The molecule has 20 heavy (non-hydrogen) atoms. The van der Waals surface area contributed by atoms with Crippen molar-refractivity contribution in [1.29, 1.82) is 0 Å². The maximum Gasteiger partial charge on any atom is 0.218 e. The van der Waals surface area contributed by atoms with Crippen LogP contribution in [0.3, 0.4) is 0 Å². The van der Waals surface area contributed by atoms with E-state index in [0.29, 0.717) is 18.5 Å². The minimum absolute atomic E-state index is 0.506. The Morgan fingerprint density at radius 3 is 2.90 bits per heavy atom. The Morgan fingerprint density at radius 1 is 1.35 bits per heavy atom. The zero-order valence-corrected chi connectivity index (χ0v) is 12.9. The van der Waals surface area contributed by atoms with E-state index >= 15 is 0 Å². The summed E-state index contributed by atoms with van der Waals surface area (Å²) in [6.45, 7) is 6.85. The lowest BCUT2D eigenvalue weighted by Gasteiger charge is -2.32. The van der Waals surface area contributed by atoms with Gasteiger partial charge in [-0.3, -0.25) is 0 Å². The number of nitrogens with one attached hydrogen (secondary N) is 1. The van der Waals surface area contributed by atoms with Crippen LogP contribution in [0, 0.1) is 0 Å². The average Bonchev–Trinajstić information content (AvgIpc) is 2.46. The molecule has 2 rings (SSSR count). The Hall–Kier alpha value is -1.36. The zero-order chi connectivity index (χ0) is 14.4. The summed E-state index contributed by atoms with van der Waals surface area (Å²) >= 11 is 0. The van der Waals surface area contributed by atoms with Crippen LogP contribution in [0.2, 0.25) is 0 Å². The Kier molecular flexibility index (Phi) is 5.59. The summed E-state index contributed by atoms with van der Waals surface area (Å²) in [5.74, 6) is 2.37. The van der Waals surface area contributed by atoms with Gasteiger partial charge in [-0.1, -0.05) is 13.3 Å². The van der Waals surface area contributed by atoms with Crippen molar-refractivity contribution in [2.45, 2.75) is 45.6 Å². The number of likely N-dealkylation sites (tertiary alicyclic amines) is 1. The molecule has 0 bridgehead atoms. The van der Waals surface area contributed by atoms with Crippen LogP contribution in [0.4, 0.5) is 5.82 Å². The van der Waals surface area contributed by atoms with Crippen LogP contribution < -0.4 is 10.1 Å². The van der Waals surface area contributed by atoms with Gasteiger partial charge in [0.05, 0.1) is 0 Å². The lowest BCUT2D eigenvalue weighted by atomic mass is 10.0. The lowest BCUT2D eigenvalue weighted by molar-refractivity contribution is 0.122. The van der Waals surface area contributed by atoms with E-state index in [1.807, 2.05) is 6.07 Å². The van der Waals surface area contributed by atoms with Crippen LogP contribution >= 0.6 is 0 Å². The predicted octanol–water partition coefficient (Wildman–Crippen LogP) is 2.33. The number of rotatable bonds is 6. The number of aryl methyl sites for hydroxylation is 1. The fourth-order valence-corrected chi connectivity index (χ4v) is 2.51. The highest BCUT2D eigenvalue weighted by Crippen LogP contribution is 2.18. The van der Waals surface area contributed by atoms with E-state index in [2.05, 4.69) is 41.1 Å². The van der Waals surface area contributed by atoms with Gasteiger partial charge in [0.15, 0.2) is 0 Å². The number of likely N-dealkylation sites (N-methyl/N-ethyl adjacent to an activating group) is 1. The van der Waals surface area contributed by atoms with Crippen molar-refractivity contribution in [3.8, 4) is 5.88 Å². The van der Waals surface area contributed by atoms with E-state index in [0.717, 1.165) is 24.6 Å². The molecule has 0 aliphatic carbocycles. The molecule has 1 aliphatic rings. The fraction of sp³-hybridized carbons (Fsp3) is 0.733.